The van der Waals surface area contributed by atoms with Crippen LogP contribution in [-0.4, -0.2) is 43.8 Å². The molecule has 0 aliphatic carbocycles. The molecule has 4 heteroatoms. The van der Waals surface area contributed by atoms with E-state index < -0.39 is 0 Å². The maximum Gasteiger partial charge on any atom is 0.0631 e. The maximum absolute atomic E-state index is 4.55. The minimum absolute atomic E-state index is 0.990. The number of anilines is 1. The SMILES string of the molecule is CCN1CCN(c2ccc(N=Cc3ccc(Br)cc3)cc2)CC1. The fourth-order valence-electron chi connectivity index (χ4n) is 2.77. The molecule has 3 nitrogen and oxygen atoms in total. The van der Waals surface area contributed by atoms with Gasteiger partial charge in [-0.25, -0.2) is 0 Å². The molecule has 0 unspecified atom stereocenters. The van der Waals surface area contributed by atoms with Crippen molar-refractivity contribution in [1.82, 2.24) is 4.90 Å². The Bertz CT molecular complexity index is 641. The van der Waals surface area contributed by atoms with Gasteiger partial charge in [0.05, 0.1) is 5.69 Å². The fourth-order valence-corrected chi connectivity index (χ4v) is 3.03. The van der Waals surface area contributed by atoms with E-state index in [1.807, 2.05) is 18.3 Å². The van der Waals surface area contributed by atoms with E-state index in [4.69, 9.17) is 0 Å². The average molecular weight is 372 g/mol. The smallest absolute Gasteiger partial charge is 0.0631 e. The molecule has 2 aromatic carbocycles. The lowest BCUT2D eigenvalue weighted by molar-refractivity contribution is 0.271. The number of rotatable bonds is 4. The molecule has 0 saturated carbocycles. The second-order valence-electron chi connectivity index (χ2n) is 5.75. The zero-order valence-electron chi connectivity index (χ0n) is 13.5. The largest absolute Gasteiger partial charge is 0.369 e. The van der Waals surface area contributed by atoms with Crippen molar-refractivity contribution in [3.05, 3.63) is 58.6 Å². The minimum Gasteiger partial charge on any atom is -0.369 e. The van der Waals surface area contributed by atoms with Crippen LogP contribution in [0.1, 0.15) is 12.5 Å². The first-order chi connectivity index (χ1) is 11.2. The molecule has 0 N–H and O–H groups in total. The van der Waals surface area contributed by atoms with E-state index in [-0.39, 0.29) is 0 Å². The highest BCUT2D eigenvalue weighted by Gasteiger charge is 2.15. The van der Waals surface area contributed by atoms with Gasteiger partial charge in [0.1, 0.15) is 0 Å². The monoisotopic (exact) mass is 371 g/mol. The lowest BCUT2D eigenvalue weighted by Crippen LogP contribution is -2.46. The number of halogens is 1. The molecular formula is C19H22BrN3. The van der Waals surface area contributed by atoms with Gasteiger partial charge in [-0.2, -0.15) is 0 Å². The normalized spacial score (nSPS) is 16.2. The number of piperazine rings is 1. The van der Waals surface area contributed by atoms with Crippen LogP contribution in [0.5, 0.6) is 0 Å². The Morgan fingerprint density at radius 2 is 1.61 bits per heavy atom. The Morgan fingerprint density at radius 3 is 2.22 bits per heavy atom. The van der Waals surface area contributed by atoms with Crippen LogP contribution in [0.25, 0.3) is 0 Å². The molecule has 1 aliphatic rings. The van der Waals surface area contributed by atoms with Crippen LogP contribution in [0.15, 0.2) is 58.0 Å². The molecule has 1 fully saturated rings. The highest BCUT2D eigenvalue weighted by atomic mass is 79.9. The first-order valence-electron chi connectivity index (χ1n) is 8.11. The Kier molecular flexibility index (Phi) is 5.47. The summed E-state index contributed by atoms with van der Waals surface area (Å²) in [6.07, 6.45) is 1.90. The van der Waals surface area contributed by atoms with Crippen LogP contribution in [0.2, 0.25) is 0 Å². The maximum atomic E-state index is 4.55. The highest BCUT2D eigenvalue weighted by molar-refractivity contribution is 9.10. The second-order valence-corrected chi connectivity index (χ2v) is 6.66. The van der Waals surface area contributed by atoms with Crippen molar-refractivity contribution in [3.8, 4) is 0 Å². The van der Waals surface area contributed by atoms with Gasteiger partial charge in [0, 0.05) is 42.6 Å². The number of nitrogens with zero attached hydrogens (tertiary/aromatic N) is 3. The third kappa shape index (κ3) is 4.43. The molecule has 1 heterocycles. The van der Waals surface area contributed by atoms with Crippen LogP contribution < -0.4 is 4.90 Å². The summed E-state index contributed by atoms with van der Waals surface area (Å²) in [5.74, 6) is 0. The Hall–Kier alpha value is -1.65. The molecule has 0 spiro atoms. The van der Waals surface area contributed by atoms with E-state index in [9.17, 15) is 0 Å². The van der Waals surface area contributed by atoms with Crippen molar-refractivity contribution >= 4 is 33.5 Å². The van der Waals surface area contributed by atoms with Gasteiger partial charge in [-0.1, -0.05) is 35.0 Å². The lowest BCUT2D eigenvalue weighted by atomic mass is 10.2. The van der Waals surface area contributed by atoms with Crippen molar-refractivity contribution in [3.63, 3.8) is 0 Å². The first-order valence-corrected chi connectivity index (χ1v) is 8.91. The third-order valence-electron chi connectivity index (χ3n) is 4.27. The van der Waals surface area contributed by atoms with Crippen molar-refractivity contribution in [2.75, 3.05) is 37.6 Å². The van der Waals surface area contributed by atoms with E-state index in [2.05, 4.69) is 74.0 Å². The van der Waals surface area contributed by atoms with Gasteiger partial charge in [0.2, 0.25) is 0 Å². The summed E-state index contributed by atoms with van der Waals surface area (Å²) in [6, 6.07) is 16.7. The molecule has 0 aromatic heterocycles. The number of hydrogen-bond acceptors (Lipinski definition) is 3. The summed E-state index contributed by atoms with van der Waals surface area (Å²) < 4.78 is 1.09. The van der Waals surface area contributed by atoms with Gasteiger partial charge < -0.3 is 9.80 Å². The summed E-state index contributed by atoms with van der Waals surface area (Å²) in [5.41, 5.74) is 3.39. The molecule has 1 aliphatic heterocycles. The van der Waals surface area contributed by atoms with Crippen LogP contribution in [0, 0.1) is 0 Å². The Balaban J connectivity index is 1.62. The Morgan fingerprint density at radius 1 is 0.957 bits per heavy atom. The van der Waals surface area contributed by atoms with Gasteiger partial charge in [-0.3, -0.25) is 4.99 Å². The molecule has 0 radical (unpaired) electrons. The molecule has 3 rings (SSSR count). The van der Waals surface area contributed by atoms with Crippen molar-refractivity contribution in [2.24, 2.45) is 4.99 Å². The first kappa shape index (κ1) is 16.2. The number of hydrogen-bond donors (Lipinski definition) is 0. The second kappa shape index (κ2) is 7.75. The standard InChI is InChI=1S/C19H22BrN3/c1-2-22-11-13-23(14-12-22)19-9-7-18(8-10-19)21-15-16-3-5-17(20)6-4-16/h3-10,15H,2,11-14H2,1H3. The predicted molar refractivity (Wildman–Crippen MR) is 102 cm³/mol. The zero-order valence-corrected chi connectivity index (χ0v) is 15.0. The molecule has 1 saturated heterocycles. The molecule has 2 aromatic rings. The predicted octanol–water partition coefficient (Wildman–Crippen LogP) is 4.34. The van der Waals surface area contributed by atoms with Gasteiger partial charge in [-0.15, -0.1) is 0 Å². The average Bonchev–Trinajstić information content (AvgIpc) is 2.62. The van der Waals surface area contributed by atoms with E-state index >= 15 is 0 Å². The molecule has 0 atom stereocenters. The van der Waals surface area contributed by atoms with Gasteiger partial charge >= 0.3 is 0 Å². The molecule has 120 valence electrons. The van der Waals surface area contributed by atoms with Crippen LogP contribution >= 0.6 is 15.9 Å². The summed E-state index contributed by atoms with van der Waals surface area (Å²) >= 11 is 3.44. The van der Waals surface area contributed by atoms with Crippen LogP contribution in [0.4, 0.5) is 11.4 Å². The Labute approximate surface area is 146 Å². The highest BCUT2D eigenvalue weighted by Crippen LogP contribution is 2.21. The molecule has 23 heavy (non-hydrogen) atoms. The number of aliphatic imine (C=N–C) groups is 1. The van der Waals surface area contributed by atoms with Crippen LogP contribution in [-0.2, 0) is 0 Å². The van der Waals surface area contributed by atoms with Gasteiger partial charge in [0.15, 0.2) is 0 Å². The van der Waals surface area contributed by atoms with E-state index in [1.165, 1.54) is 5.69 Å². The topological polar surface area (TPSA) is 18.8 Å². The fraction of sp³-hybridized carbons (Fsp3) is 0.316. The minimum atomic E-state index is 0.990. The van der Waals surface area contributed by atoms with Crippen molar-refractivity contribution in [2.45, 2.75) is 6.92 Å². The number of benzene rings is 2. The molecule has 0 amide bonds. The van der Waals surface area contributed by atoms with Crippen molar-refractivity contribution < 1.29 is 0 Å². The van der Waals surface area contributed by atoms with Gasteiger partial charge in [0.25, 0.3) is 0 Å². The third-order valence-corrected chi connectivity index (χ3v) is 4.80. The molecule has 0 bridgehead atoms. The van der Waals surface area contributed by atoms with E-state index in [0.29, 0.717) is 0 Å². The summed E-state index contributed by atoms with van der Waals surface area (Å²) in [7, 11) is 0. The summed E-state index contributed by atoms with van der Waals surface area (Å²) in [6.45, 7) is 7.90. The summed E-state index contributed by atoms with van der Waals surface area (Å²) in [5, 5.41) is 0. The number of likely N-dealkylation sites (N-methyl/N-ethyl adjacent to an activating group) is 1. The van der Waals surface area contributed by atoms with E-state index in [0.717, 1.165) is 48.4 Å². The van der Waals surface area contributed by atoms with Crippen LogP contribution in [0.3, 0.4) is 0 Å². The molecular weight excluding hydrogens is 350 g/mol. The van der Waals surface area contributed by atoms with E-state index in [1.54, 1.807) is 0 Å². The van der Waals surface area contributed by atoms with Gasteiger partial charge in [-0.05, 0) is 48.5 Å². The lowest BCUT2D eigenvalue weighted by Gasteiger charge is -2.35. The zero-order chi connectivity index (χ0) is 16.1. The quantitative estimate of drug-likeness (QED) is 0.744. The van der Waals surface area contributed by atoms with Crippen molar-refractivity contribution in [1.29, 1.82) is 0 Å². The summed E-state index contributed by atoms with van der Waals surface area (Å²) in [4.78, 5) is 9.50.